The number of rotatable bonds is 11. The van der Waals surface area contributed by atoms with E-state index in [1.54, 1.807) is 38.1 Å². The van der Waals surface area contributed by atoms with Crippen molar-refractivity contribution in [1.82, 2.24) is 10.6 Å². The van der Waals surface area contributed by atoms with Gasteiger partial charge in [-0.1, -0.05) is 37.3 Å². The molecule has 0 unspecified atom stereocenters. The average Bonchev–Trinajstić information content (AvgIpc) is 2.69. The van der Waals surface area contributed by atoms with Crippen LogP contribution < -0.4 is 16.4 Å². The maximum absolute atomic E-state index is 12.3. The summed E-state index contributed by atoms with van der Waals surface area (Å²) in [6.07, 6.45) is -1.06. The number of carbonyl (C=O) groups excluding carboxylic acids is 4. The van der Waals surface area contributed by atoms with Crippen LogP contribution in [0.5, 0.6) is 0 Å². The van der Waals surface area contributed by atoms with Gasteiger partial charge in [0.2, 0.25) is 11.8 Å². The lowest BCUT2D eigenvalue weighted by Crippen LogP contribution is -2.56. The third-order valence-electron chi connectivity index (χ3n) is 3.97. The van der Waals surface area contributed by atoms with Gasteiger partial charge in [-0.05, 0) is 18.4 Å². The minimum atomic E-state index is -1.37. The molecule has 10 heteroatoms. The van der Waals surface area contributed by atoms with E-state index in [1.807, 2.05) is 6.07 Å². The average molecular weight is 409 g/mol. The first-order valence-electron chi connectivity index (χ1n) is 9.11. The van der Waals surface area contributed by atoms with Gasteiger partial charge in [-0.2, -0.15) is 0 Å². The molecule has 0 aliphatic rings. The first kappa shape index (κ1) is 23.9. The molecular weight excluding hydrogens is 382 g/mol. The maximum atomic E-state index is 12.3. The normalized spacial score (nSPS) is 13.5. The molecule has 0 heterocycles. The Morgan fingerprint density at radius 1 is 1.10 bits per heavy atom. The van der Waals surface area contributed by atoms with Crippen LogP contribution in [0.4, 0.5) is 4.79 Å². The number of nitrogens with one attached hydrogen (secondary N) is 2. The van der Waals surface area contributed by atoms with E-state index in [1.165, 1.54) is 0 Å². The molecule has 29 heavy (non-hydrogen) atoms. The largest absolute Gasteiger partial charge is 0.466 e. The first-order valence-corrected chi connectivity index (χ1v) is 9.11. The number of aliphatic hydroxyl groups is 1. The number of primary amides is 1. The number of amides is 3. The number of alkyl carbamates (subject to hydrolysis) is 1. The highest BCUT2D eigenvalue weighted by Crippen LogP contribution is 2.10. The summed E-state index contributed by atoms with van der Waals surface area (Å²) < 4.78 is 9.81. The Morgan fingerprint density at radius 3 is 2.31 bits per heavy atom. The van der Waals surface area contributed by atoms with Gasteiger partial charge in [0.1, 0.15) is 18.7 Å². The van der Waals surface area contributed by atoms with Crippen LogP contribution in [0.25, 0.3) is 0 Å². The number of ether oxygens (including phenoxy) is 2. The lowest BCUT2D eigenvalue weighted by atomic mass is 9.97. The summed E-state index contributed by atoms with van der Waals surface area (Å²) in [5, 5.41) is 14.0. The van der Waals surface area contributed by atoms with Gasteiger partial charge in [0.25, 0.3) is 0 Å². The van der Waals surface area contributed by atoms with E-state index in [2.05, 4.69) is 10.6 Å². The van der Waals surface area contributed by atoms with Crippen LogP contribution in [0, 0.1) is 5.92 Å². The third kappa shape index (κ3) is 8.60. The molecule has 3 amide bonds. The molecular formula is C19H27N3O7. The van der Waals surface area contributed by atoms with E-state index < -0.39 is 48.5 Å². The number of benzene rings is 1. The number of hydrogen-bond acceptors (Lipinski definition) is 7. The van der Waals surface area contributed by atoms with Crippen LogP contribution in [0.3, 0.4) is 0 Å². The van der Waals surface area contributed by atoms with Gasteiger partial charge < -0.3 is 30.9 Å². The second kappa shape index (κ2) is 12.3. The van der Waals surface area contributed by atoms with Crippen molar-refractivity contribution >= 4 is 23.9 Å². The predicted octanol–water partition coefficient (Wildman–Crippen LogP) is -0.167. The Labute approximate surface area is 168 Å². The summed E-state index contributed by atoms with van der Waals surface area (Å²) in [7, 11) is 0. The fourth-order valence-corrected chi connectivity index (χ4v) is 2.45. The fraction of sp³-hybridized carbons (Fsp3) is 0.474. The van der Waals surface area contributed by atoms with Crippen molar-refractivity contribution in [1.29, 1.82) is 0 Å². The molecule has 5 N–H and O–H groups in total. The topological polar surface area (TPSA) is 157 Å². The van der Waals surface area contributed by atoms with Crippen LogP contribution >= 0.6 is 0 Å². The van der Waals surface area contributed by atoms with Crippen LogP contribution in [0.2, 0.25) is 0 Å². The molecule has 10 nitrogen and oxygen atoms in total. The third-order valence-corrected chi connectivity index (χ3v) is 3.97. The zero-order valence-electron chi connectivity index (χ0n) is 16.4. The van der Waals surface area contributed by atoms with Crippen molar-refractivity contribution in [3.05, 3.63) is 35.9 Å². The molecule has 0 saturated heterocycles. The molecule has 0 bridgehead atoms. The van der Waals surface area contributed by atoms with E-state index in [4.69, 9.17) is 15.2 Å². The summed E-state index contributed by atoms with van der Waals surface area (Å²) in [5.74, 6) is -2.90. The summed E-state index contributed by atoms with van der Waals surface area (Å²) in [4.78, 5) is 47.5. The summed E-state index contributed by atoms with van der Waals surface area (Å²) in [6.45, 7) is 2.62. The Hall–Kier alpha value is -3.14. The number of aliphatic hydroxyl groups excluding tert-OH is 1. The van der Waals surface area contributed by atoms with E-state index in [0.29, 0.717) is 0 Å². The molecule has 0 saturated carbocycles. The number of carbonyl (C=O) groups is 4. The Morgan fingerprint density at radius 2 is 1.76 bits per heavy atom. The van der Waals surface area contributed by atoms with Crippen LogP contribution in [0.15, 0.2) is 30.3 Å². The smallest absolute Gasteiger partial charge is 0.408 e. The van der Waals surface area contributed by atoms with E-state index in [9.17, 15) is 24.3 Å². The first-order chi connectivity index (χ1) is 13.8. The maximum Gasteiger partial charge on any atom is 0.408 e. The summed E-state index contributed by atoms with van der Waals surface area (Å²) >= 11 is 0. The molecule has 0 aliphatic carbocycles. The van der Waals surface area contributed by atoms with Crippen molar-refractivity contribution in [2.24, 2.45) is 11.7 Å². The van der Waals surface area contributed by atoms with Gasteiger partial charge in [0.05, 0.1) is 19.6 Å². The summed E-state index contributed by atoms with van der Waals surface area (Å²) in [5.41, 5.74) is 6.05. The van der Waals surface area contributed by atoms with Crippen molar-refractivity contribution in [2.75, 3.05) is 13.2 Å². The van der Waals surface area contributed by atoms with E-state index >= 15 is 0 Å². The second-order valence-corrected chi connectivity index (χ2v) is 6.32. The lowest BCUT2D eigenvalue weighted by molar-refractivity contribution is -0.145. The monoisotopic (exact) mass is 409 g/mol. The van der Waals surface area contributed by atoms with Crippen molar-refractivity contribution in [3.8, 4) is 0 Å². The minimum absolute atomic E-state index is 0.0209. The number of nitrogens with two attached hydrogens (primary N) is 1. The van der Waals surface area contributed by atoms with Gasteiger partial charge in [0, 0.05) is 0 Å². The van der Waals surface area contributed by atoms with Crippen LogP contribution in [0.1, 0.15) is 25.8 Å². The number of hydrogen-bond donors (Lipinski definition) is 4. The van der Waals surface area contributed by atoms with E-state index in [-0.39, 0.29) is 19.6 Å². The number of esters is 1. The molecule has 0 aliphatic heterocycles. The zero-order valence-corrected chi connectivity index (χ0v) is 16.4. The van der Waals surface area contributed by atoms with E-state index in [0.717, 1.165) is 5.56 Å². The van der Waals surface area contributed by atoms with Crippen molar-refractivity contribution in [2.45, 2.75) is 39.0 Å². The molecule has 0 spiro atoms. The highest BCUT2D eigenvalue weighted by atomic mass is 16.5. The van der Waals surface area contributed by atoms with Gasteiger partial charge in [-0.25, -0.2) is 4.79 Å². The molecule has 0 radical (unpaired) electrons. The molecule has 1 rings (SSSR count). The van der Waals surface area contributed by atoms with Gasteiger partial charge in [-0.15, -0.1) is 0 Å². The minimum Gasteiger partial charge on any atom is -0.466 e. The fourth-order valence-electron chi connectivity index (χ4n) is 2.45. The summed E-state index contributed by atoms with van der Waals surface area (Å²) in [6, 6.07) is 6.33. The standard InChI is InChI=1S/C19H27N3O7/c1-3-28-15(24)9-12(2)16(17(20)25)22-18(26)14(10-23)21-19(27)29-11-13-7-5-4-6-8-13/h4-8,12,14,16,23H,3,9-11H2,1-2H3,(H2,20,25)(H,21,27)(H,22,26)/t12-,14+,16+/m1/s1. The zero-order chi connectivity index (χ0) is 21.8. The Kier molecular flexibility index (Phi) is 10.2. The molecule has 0 aromatic heterocycles. The molecule has 0 fully saturated rings. The van der Waals surface area contributed by atoms with Gasteiger partial charge in [-0.3, -0.25) is 14.4 Å². The van der Waals surface area contributed by atoms with Gasteiger partial charge in [0.15, 0.2) is 0 Å². The van der Waals surface area contributed by atoms with Crippen LogP contribution in [-0.4, -0.2) is 54.3 Å². The molecule has 3 atom stereocenters. The quantitative estimate of drug-likeness (QED) is 0.370. The molecule has 1 aromatic carbocycles. The van der Waals surface area contributed by atoms with Gasteiger partial charge >= 0.3 is 12.1 Å². The highest BCUT2D eigenvalue weighted by molar-refractivity contribution is 5.91. The molecule has 160 valence electrons. The van der Waals surface area contributed by atoms with Crippen LogP contribution in [-0.2, 0) is 30.5 Å². The van der Waals surface area contributed by atoms with Crippen molar-refractivity contribution < 1.29 is 33.8 Å². The highest BCUT2D eigenvalue weighted by Gasteiger charge is 2.30. The molecule has 1 aromatic rings. The lowest BCUT2D eigenvalue weighted by Gasteiger charge is -2.24. The Balaban J connectivity index is 2.62. The SMILES string of the molecule is CCOC(=O)C[C@@H](C)[C@H](NC(=O)[C@H](CO)NC(=O)OCc1ccccc1)C(N)=O. The van der Waals surface area contributed by atoms with Crippen molar-refractivity contribution in [3.63, 3.8) is 0 Å². The Bertz CT molecular complexity index is 696. The second-order valence-electron chi connectivity index (χ2n) is 6.32. The predicted molar refractivity (Wildman–Crippen MR) is 102 cm³/mol.